The smallest absolute Gasteiger partial charge is 0.582 e. The maximum Gasteiger partial charge on any atom is 0.937 e. The summed E-state index contributed by atoms with van der Waals surface area (Å²) in [6, 6.07) is 0. The second kappa shape index (κ2) is 5.74. The summed E-state index contributed by atoms with van der Waals surface area (Å²) < 4.78 is 4.00. The van der Waals surface area contributed by atoms with E-state index in [2.05, 4.69) is 20.1 Å². The largest absolute Gasteiger partial charge is 0.937 e. The van der Waals surface area contributed by atoms with Gasteiger partial charge in [-0.3, -0.25) is 0 Å². The zero-order valence-corrected chi connectivity index (χ0v) is 10.6. The molecule has 0 N–H and O–H groups in total. The van der Waals surface area contributed by atoms with Gasteiger partial charge < -0.3 is 5.21 Å². The van der Waals surface area contributed by atoms with Crippen LogP contribution < -0.4 is 5.01 Å². The number of hydrogen-bond donors (Lipinski definition) is 0. The van der Waals surface area contributed by atoms with Crippen molar-refractivity contribution in [1.29, 1.82) is 0 Å². The van der Waals surface area contributed by atoms with Crippen LogP contribution in [0.25, 0.3) is 0 Å². The molecule has 124 valence electrons. The van der Waals surface area contributed by atoms with Gasteiger partial charge in [-0.05, 0) is 10.3 Å². The molecule has 1 aromatic rings. The second-order valence-corrected chi connectivity index (χ2v) is 3.42. The third-order valence-corrected chi connectivity index (χ3v) is 2.18. The number of hydrazine groups is 1. The number of nitro groups is 4. The van der Waals surface area contributed by atoms with Crippen molar-refractivity contribution in [2.75, 3.05) is 12.1 Å². The monoisotopic (exact) mass is 337 g/mol. The molecule has 1 rings (SSSR count). The summed E-state index contributed by atoms with van der Waals surface area (Å²) in [5.41, 5.74) is 0. The number of anilines is 1. The van der Waals surface area contributed by atoms with Gasteiger partial charge in [0.2, 0.25) is 0 Å². The molecule has 19 nitrogen and oxygen atoms in total. The molecule has 0 aromatic carbocycles. The average molecular weight is 337 g/mol. The highest BCUT2D eigenvalue weighted by molar-refractivity contribution is 5.52. The molecule has 0 fully saturated rings. The van der Waals surface area contributed by atoms with E-state index in [1.807, 2.05) is 0 Å². The number of nitrogens with zero attached hydrogens (tertiary/aromatic N) is 9. The average Bonchev–Trinajstić information content (AvgIpc) is 2.84. The van der Waals surface area contributed by atoms with Gasteiger partial charge >= 0.3 is 11.7 Å². The molecule has 0 aliphatic heterocycles. The predicted molar refractivity (Wildman–Crippen MR) is 59.1 cm³/mol. The SMILES string of the molecule is CN(c1nonc1N=[N+]([O-])C([N+](=O)[O-])([N+](=O)[O-])[N+](=O)[O-])[N+](=O)[O-]. The van der Waals surface area contributed by atoms with Crippen LogP contribution in [0.2, 0.25) is 0 Å². The van der Waals surface area contributed by atoms with Gasteiger partial charge in [0.1, 0.15) is 4.86 Å². The highest BCUT2D eigenvalue weighted by Crippen LogP contribution is 2.25. The summed E-state index contributed by atoms with van der Waals surface area (Å²) in [4.78, 5) is 34.6. The molecule has 0 amide bonds. The Morgan fingerprint density at radius 3 is 1.87 bits per heavy atom. The minimum Gasteiger partial charge on any atom is -0.582 e. The molecule has 0 radical (unpaired) electrons. The molecule has 0 aliphatic rings. The molecule has 23 heavy (non-hydrogen) atoms. The molecular formula is C4H3N9O10. The summed E-state index contributed by atoms with van der Waals surface area (Å²) in [5, 5.41) is 61.3. The number of azo groups is 1. The lowest BCUT2D eigenvalue weighted by atomic mass is 10.6. The van der Waals surface area contributed by atoms with Crippen molar-refractivity contribution < 1.29 is 29.3 Å². The number of hydrogen-bond acceptors (Lipinski definition) is 13. The van der Waals surface area contributed by atoms with E-state index in [-0.39, 0.29) is 5.01 Å². The van der Waals surface area contributed by atoms with E-state index in [1.165, 1.54) is 0 Å². The van der Waals surface area contributed by atoms with Crippen molar-refractivity contribution >= 4 is 11.6 Å². The Kier molecular flexibility index (Phi) is 4.24. The van der Waals surface area contributed by atoms with E-state index in [0.29, 0.717) is 0 Å². The molecule has 0 saturated heterocycles. The zero-order chi connectivity index (χ0) is 17.9. The van der Waals surface area contributed by atoms with Crippen LogP contribution in [-0.2, 0) is 0 Å². The van der Waals surface area contributed by atoms with Gasteiger partial charge in [0, 0.05) is 0 Å². The second-order valence-electron chi connectivity index (χ2n) is 3.42. The Balaban J connectivity index is 3.50. The van der Waals surface area contributed by atoms with Crippen LogP contribution in [0.5, 0.6) is 0 Å². The lowest BCUT2D eigenvalue weighted by Crippen LogP contribution is -2.59. The maximum atomic E-state index is 11.5. The van der Waals surface area contributed by atoms with Crippen molar-refractivity contribution in [3.63, 3.8) is 0 Å². The van der Waals surface area contributed by atoms with Crippen molar-refractivity contribution in [2.24, 2.45) is 5.11 Å². The first kappa shape index (κ1) is 17.0. The van der Waals surface area contributed by atoms with Crippen molar-refractivity contribution in [3.8, 4) is 0 Å². The Labute approximate surface area is 121 Å². The van der Waals surface area contributed by atoms with Gasteiger partial charge in [-0.1, -0.05) is 5.01 Å². The van der Waals surface area contributed by atoms with Gasteiger partial charge in [0.15, 0.2) is 5.03 Å². The van der Waals surface area contributed by atoms with E-state index >= 15 is 0 Å². The Morgan fingerprint density at radius 2 is 1.48 bits per heavy atom. The van der Waals surface area contributed by atoms with E-state index in [0.717, 1.165) is 7.05 Å². The summed E-state index contributed by atoms with van der Waals surface area (Å²) >= 11 is 0. The van der Waals surface area contributed by atoms with Crippen LogP contribution in [0.4, 0.5) is 11.6 Å². The quantitative estimate of drug-likeness (QED) is 0.185. The molecule has 0 atom stereocenters. The zero-order valence-electron chi connectivity index (χ0n) is 10.6. The molecule has 19 heteroatoms. The predicted octanol–water partition coefficient (Wildman–Crippen LogP) is -1.27. The number of rotatable bonds is 7. The molecule has 0 unspecified atom stereocenters. The highest BCUT2D eigenvalue weighted by Gasteiger charge is 2.84. The Morgan fingerprint density at radius 1 is 1.00 bits per heavy atom. The van der Waals surface area contributed by atoms with Gasteiger partial charge in [0.05, 0.1) is 12.2 Å². The Hall–Kier alpha value is -4.06. The third kappa shape index (κ3) is 2.59. The molecule has 1 heterocycles. The van der Waals surface area contributed by atoms with Gasteiger partial charge in [-0.2, -0.15) is 0 Å². The van der Waals surface area contributed by atoms with Crippen LogP contribution >= 0.6 is 0 Å². The summed E-state index contributed by atoms with van der Waals surface area (Å²) in [6.45, 7) is 0. The van der Waals surface area contributed by atoms with Gasteiger partial charge in [-0.25, -0.2) is 45.1 Å². The highest BCUT2D eigenvalue weighted by atomic mass is 16.8. The summed E-state index contributed by atoms with van der Waals surface area (Å²) in [5.74, 6) is -6.64. The van der Waals surface area contributed by atoms with Crippen LogP contribution in [0.1, 0.15) is 0 Å². The fourth-order valence-electron chi connectivity index (χ4n) is 1.09. The molecule has 1 aromatic heterocycles. The van der Waals surface area contributed by atoms with Crippen LogP contribution in [-0.4, -0.2) is 47.9 Å². The van der Waals surface area contributed by atoms with Gasteiger partial charge in [0.25, 0.3) is 20.6 Å². The van der Waals surface area contributed by atoms with Gasteiger partial charge in [-0.15, -0.1) is 0 Å². The van der Waals surface area contributed by atoms with Crippen molar-refractivity contribution in [2.45, 2.75) is 5.91 Å². The molecule has 0 saturated carbocycles. The lowest BCUT2D eigenvalue weighted by Gasteiger charge is -2.04. The minimum absolute atomic E-state index is 0.0926. The van der Waals surface area contributed by atoms with E-state index < -0.39 is 42.2 Å². The van der Waals surface area contributed by atoms with Crippen LogP contribution in [0, 0.1) is 45.7 Å². The normalized spacial score (nSPS) is 11.8. The third-order valence-electron chi connectivity index (χ3n) is 2.18. The topological polar surface area (TPSA) is 253 Å². The van der Waals surface area contributed by atoms with Crippen LogP contribution in [0.3, 0.4) is 0 Å². The number of hydroxylamine groups is 1. The molecule has 0 bridgehead atoms. The van der Waals surface area contributed by atoms with E-state index in [9.17, 15) is 45.7 Å². The first-order valence-electron chi connectivity index (χ1n) is 4.89. The van der Waals surface area contributed by atoms with E-state index in [1.54, 1.807) is 0 Å². The maximum absolute atomic E-state index is 11.5. The molecule has 0 spiro atoms. The van der Waals surface area contributed by atoms with Crippen molar-refractivity contribution in [3.05, 3.63) is 45.7 Å². The van der Waals surface area contributed by atoms with E-state index in [4.69, 9.17) is 0 Å². The van der Waals surface area contributed by atoms with Crippen molar-refractivity contribution in [1.82, 2.24) is 10.3 Å². The number of aromatic nitrogens is 2. The minimum atomic E-state index is -4.62. The summed E-state index contributed by atoms with van der Waals surface area (Å²) in [7, 11) is 0.773. The van der Waals surface area contributed by atoms with Crippen LogP contribution in [0.15, 0.2) is 9.74 Å². The standard InChI is InChI=1S/C4H3N9O10/c1-8(13(21)22)3-2(6-23-7-3)5-9(14)4(10(15)16,11(17)18)12(19)20/h1H3. The molecule has 0 aliphatic carbocycles. The fraction of sp³-hybridized carbons (Fsp3) is 0.500. The fourth-order valence-corrected chi connectivity index (χ4v) is 1.09. The lowest BCUT2D eigenvalue weighted by molar-refractivity contribution is -1.12. The molecular weight excluding hydrogens is 334 g/mol. The first-order valence-corrected chi connectivity index (χ1v) is 4.89. The Bertz CT molecular complexity index is 671. The first-order chi connectivity index (χ1) is 10.6. The summed E-state index contributed by atoms with van der Waals surface area (Å²) in [6.07, 6.45) is 0.